The van der Waals surface area contributed by atoms with Crippen molar-refractivity contribution in [1.82, 2.24) is 4.98 Å². The highest BCUT2D eigenvalue weighted by atomic mass is 16.6. The van der Waals surface area contributed by atoms with Crippen LogP contribution in [0.3, 0.4) is 0 Å². The Labute approximate surface area is 89.7 Å². The Morgan fingerprint density at radius 2 is 2.25 bits per heavy atom. The van der Waals surface area contributed by atoms with Gasteiger partial charge < -0.3 is 15.9 Å². The lowest BCUT2D eigenvalue weighted by molar-refractivity contribution is -0.384. The first kappa shape index (κ1) is 11.8. The standard InChI is InChI=1S/C8H8N4O4/c9-2-6(13)7(14)4-1-5(12(15)16)8(10)11-3-4/h1,3,6-7,13-14H,(H2,10,11). The predicted octanol–water partition coefficient (Wildman–Crippen LogP) is -0.510. The van der Waals surface area contributed by atoms with Crippen molar-refractivity contribution in [1.29, 1.82) is 5.26 Å². The summed E-state index contributed by atoms with van der Waals surface area (Å²) < 4.78 is 0. The maximum absolute atomic E-state index is 10.5. The van der Waals surface area contributed by atoms with Crippen molar-refractivity contribution < 1.29 is 15.1 Å². The highest BCUT2D eigenvalue weighted by molar-refractivity contribution is 5.53. The molecule has 16 heavy (non-hydrogen) atoms. The molecule has 0 amide bonds. The number of nitrogens with two attached hydrogens (primary N) is 1. The van der Waals surface area contributed by atoms with E-state index in [2.05, 4.69) is 4.98 Å². The minimum absolute atomic E-state index is 0.0463. The number of nitrogen functional groups attached to an aromatic ring is 1. The largest absolute Gasteiger partial charge is 0.384 e. The molecule has 0 bridgehead atoms. The molecule has 4 N–H and O–H groups in total. The van der Waals surface area contributed by atoms with Crippen molar-refractivity contribution >= 4 is 11.5 Å². The van der Waals surface area contributed by atoms with Gasteiger partial charge in [-0.25, -0.2) is 4.98 Å². The van der Waals surface area contributed by atoms with Crippen molar-refractivity contribution in [3.63, 3.8) is 0 Å². The summed E-state index contributed by atoms with van der Waals surface area (Å²) >= 11 is 0. The molecule has 0 fully saturated rings. The zero-order chi connectivity index (χ0) is 12.3. The molecule has 0 spiro atoms. The summed E-state index contributed by atoms with van der Waals surface area (Å²) in [7, 11) is 0. The fourth-order valence-electron chi connectivity index (χ4n) is 1.04. The summed E-state index contributed by atoms with van der Waals surface area (Å²) in [5, 5.41) is 37.3. The van der Waals surface area contributed by atoms with Gasteiger partial charge in [-0.15, -0.1) is 0 Å². The van der Waals surface area contributed by atoms with E-state index in [1.165, 1.54) is 6.07 Å². The summed E-state index contributed by atoms with van der Waals surface area (Å²) in [6.07, 6.45) is -2.17. The summed E-state index contributed by atoms with van der Waals surface area (Å²) in [6, 6.07) is 2.37. The van der Waals surface area contributed by atoms with Gasteiger partial charge in [0.2, 0.25) is 5.82 Å². The normalized spacial score (nSPS) is 13.8. The first-order valence-electron chi connectivity index (χ1n) is 4.13. The molecule has 0 radical (unpaired) electrons. The minimum atomic E-state index is -1.68. The van der Waals surface area contributed by atoms with E-state index < -0.39 is 22.8 Å². The van der Waals surface area contributed by atoms with Crippen LogP contribution in [0.25, 0.3) is 0 Å². The number of aliphatic hydroxyl groups excluding tert-OH is 2. The summed E-state index contributed by atoms with van der Waals surface area (Å²) in [4.78, 5) is 13.2. The quantitative estimate of drug-likeness (QED) is 0.356. The van der Waals surface area contributed by atoms with Crippen LogP contribution < -0.4 is 5.73 Å². The zero-order valence-electron chi connectivity index (χ0n) is 7.94. The van der Waals surface area contributed by atoms with Crippen LogP contribution in [-0.4, -0.2) is 26.2 Å². The Kier molecular flexibility index (Phi) is 3.34. The number of nitro groups is 1. The average Bonchev–Trinajstić information content (AvgIpc) is 2.27. The first-order valence-corrected chi connectivity index (χ1v) is 4.13. The molecule has 1 heterocycles. The van der Waals surface area contributed by atoms with E-state index in [1.54, 1.807) is 0 Å². The Morgan fingerprint density at radius 1 is 1.62 bits per heavy atom. The van der Waals surface area contributed by atoms with E-state index >= 15 is 0 Å². The molecular weight excluding hydrogens is 216 g/mol. The molecule has 0 aliphatic rings. The van der Waals surface area contributed by atoms with Crippen molar-refractivity contribution in [2.45, 2.75) is 12.2 Å². The molecule has 1 aromatic rings. The topological polar surface area (TPSA) is 146 Å². The van der Waals surface area contributed by atoms with Gasteiger partial charge in [0.15, 0.2) is 6.10 Å². The van der Waals surface area contributed by atoms with Gasteiger partial charge in [-0.05, 0) is 0 Å². The van der Waals surface area contributed by atoms with Crippen LogP contribution in [0.5, 0.6) is 0 Å². The number of nitriles is 1. The van der Waals surface area contributed by atoms with E-state index in [1.807, 2.05) is 0 Å². The zero-order valence-corrected chi connectivity index (χ0v) is 7.94. The van der Waals surface area contributed by atoms with Crippen LogP contribution in [0.4, 0.5) is 11.5 Å². The third-order valence-corrected chi connectivity index (χ3v) is 1.89. The molecule has 1 rings (SSSR count). The van der Waals surface area contributed by atoms with Crippen LogP contribution in [0.1, 0.15) is 11.7 Å². The van der Waals surface area contributed by atoms with Gasteiger partial charge >= 0.3 is 5.69 Å². The molecule has 2 atom stereocenters. The number of nitrogens with zero attached hydrogens (tertiary/aromatic N) is 3. The Morgan fingerprint density at radius 3 is 2.75 bits per heavy atom. The SMILES string of the molecule is N#CC(O)C(O)c1cnc(N)c([N+](=O)[O-])c1. The maximum atomic E-state index is 10.5. The smallest absolute Gasteiger partial charge is 0.311 e. The number of hydrogen-bond acceptors (Lipinski definition) is 7. The van der Waals surface area contributed by atoms with Crippen molar-refractivity contribution in [3.8, 4) is 6.07 Å². The summed E-state index contributed by atoms with van der Waals surface area (Å²) in [6.45, 7) is 0. The van der Waals surface area contributed by atoms with E-state index in [0.29, 0.717) is 0 Å². The molecule has 0 aliphatic heterocycles. The third-order valence-electron chi connectivity index (χ3n) is 1.89. The lowest BCUT2D eigenvalue weighted by Crippen LogP contribution is -2.16. The molecule has 8 nitrogen and oxygen atoms in total. The van der Waals surface area contributed by atoms with Gasteiger partial charge in [0.1, 0.15) is 6.10 Å². The van der Waals surface area contributed by atoms with Crippen LogP contribution in [0.2, 0.25) is 0 Å². The number of pyridine rings is 1. The van der Waals surface area contributed by atoms with Gasteiger partial charge in [-0.1, -0.05) is 0 Å². The molecule has 8 heteroatoms. The second-order valence-corrected chi connectivity index (χ2v) is 2.95. The number of hydrogen-bond donors (Lipinski definition) is 3. The number of aromatic nitrogens is 1. The fraction of sp³-hybridized carbons (Fsp3) is 0.250. The van der Waals surface area contributed by atoms with E-state index in [0.717, 1.165) is 12.3 Å². The monoisotopic (exact) mass is 224 g/mol. The van der Waals surface area contributed by atoms with E-state index in [-0.39, 0.29) is 11.4 Å². The molecular formula is C8H8N4O4. The first-order chi connectivity index (χ1) is 7.47. The lowest BCUT2D eigenvalue weighted by atomic mass is 10.1. The highest BCUT2D eigenvalue weighted by Gasteiger charge is 2.22. The highest BCUT2D eigenvalue weighted by Crippen LogP contribution is 2.24. The van der Waals surface area contributed by atoms with E-state index in [9.17, 15) is 15.2 Å². The van der Waals surface area contributed by atoms with E-state index in [4.69, 9.17) is 16.1 Å². The number of anilines is 1. The Balaban J connectivity index is 3.13. The second-order valence-electron chi connectivity index (χ2n) is 2.95. The average molecular weight is 224 g/mol. The van der Waals surface area contributed by atoms with Crippen molar-refractivity contribution in [2.24, 2.45) is 0 Å². The minimum Gasteiger partial charge on any atom is -0.384 e. The van der Waals surface area contributed by atoms with Gasteiger partial charge in [-0.2, -0.15) is 5.26 Å². The predicted molar refractivity (Wildman–Crippen MR) is 51.9 cm³/mol. The fourth-order valence-corrected chi connectivity index (χ4v) is 1.04. The van der Waals surface area contributed by atoms with Crippen molar-refractivity contribution in [2.75, 3.05) is 5.73 Å². The van der Waals surface area contributed by atoms with Gasteiger partial charge in [0.25, 0.3) is 0 Å². The second kappa shape index (κ2) is 4.52. The molecule has 0 aliphatic carbocycles. The molecule has 1 aromatic heterocycles. The van der Waals surface area contributed by atoms with Crippen LogP contribution in [0.15, 0.2) is 12.3 Å². The van der Waals surface area contributed by atoms with Crippen LogP contribution in [-0.2, 0) is 0 Å². The van der Waals surface area contributed by atoms with Gasteiger partial charge in [0.05, 0.1) is 11.0 Å². The Hall–Kier alpha value is -2.24. The maximum Gasteiger partial charge on any atom is 0.311 e. The van der Waals surface area contributed by atoms with Crippen LogP contribution >= 0.6 is 0 Å². The molecule has 0 saturated carbocycles. The molecule has 0 saturated heterocycles. The molecule has 0 aromatic carbocycles. The van der Waals surface area contributed by atoms with Crippen molar-refractivity contribution in [3.05, 3.63) is 27.9 Å². The van der Waals surface area contributed by atoms with Gasteiger partial charge in [0, 0.05) is 17.8 Å². The van der Waals surface area contributed by atoms with Crippen LogP contribution in [0, 0.1) is 21.4 Å². The lowest BCUT2D eigenvalue weighted by Gasteiger charge is -2.11. The number of rotatable bonds is 3. The Bertz CT molecular complexity index is 456. The number of aliphatic hydroxyl groups is 2. The summed E-state index contributed by atoms with van der Waals surface area (Å²) in [5.41, 5.74) is 4.71. The molecule has 2 unspecified atom stereocenters. The van der Waals surface area contributed by atoms with Gasteiger partial charge in [-0.3, -0.25) is 10.1 Å². The molecule has 84 valence electrons. The third kappa shape index (κ3) is 2.22. The summed E-state index contributed by atoms with van der Waals surface area (Å²) in [5.74, 6) is -0.299.